The fourth-order valence-electron chi connectivity index (χ4n) is 1.93. The summed E-state index contributed by atoms with van der Waals surface area (Å²) in [6.45, 7) is 4.50. The van der Waals surface area contributed by atoms with Crippen LogP contribution in [0.4, 0.5) is 0 Å². The fourth-order valence-corrected chi connectivity index (χ4v) is 3.42. The summed E-state index contributed by atoms with van der Waals surface area (Å²) in [5.41, 5.74) is -0.643. The van der Waals surface area contributed by atoms with Gasteiger partial charge in [0.15, 0.2) is 0 Å². The Morgan fingerprint density at radius 2 is 1.75 bits per heavy atom. The van der Waals surface area contributed by atoms with E-state index in [1.54, 1.807) is 0 Å². The first-order chi connectivity index (χ1) is 7.41. The third-order valence-electron chi connectivity index (χ3n) is 3.59. The highest BCUT2D eigenvalue weighted by Gasteiger charge is 2.27. The molecule has 0 radical (unpaired) electrons. The molecule has 1 rings (SSSR count). The number of rotatable bonds is 5. The Balaban J connectivity index is 2.35. The molecular weight excluding hydrogens is 226 g/mol. The SMILES string of the molecule is CCC(O)(CC)CNC1CCS(=O)(=O)CC1. The van der Waals surface area contributed by atoms with Crippen molar-refractivity contribution in [2.45, 2.75) is 51.2 Å². The smallest absolute Gasteiger partial charge is 0.150 e. The molecule has 0 aliphatic carbocycles. The molecule has 96 valence electrons. The Hall–Kier alpha value is -0.130. The van der Waals surface area contributed by atoms with Crippen LogP contribution in [0.5, 0.6) is 0 Å². The molecule has 0 atom stereocenters. The number of nitrogens with one attached hydrogen (secondary N) is 1. The van der Waals surface area contributed by atoms with Gasteiger partial charge in [0.2, 0.25) is 0 Å². The van der Waals surface area contributed by atoms with Gasteiger partial charge in [0.05, 0.1) is 17.1 Å². The fraction of sp³-hybridized carbons (Fsp3) is 1.00. The molecule has 1 fully saturated rings. The van der Waals surface area contributed by atoms with Gasteiger partial charge < -0.3 is 10.4 Å². The molecule has 4 nitrogen and oxygen atoms in total. The highest BCUT2D eigenvalue weighted by atomic mass is 32.2. The number of aliphatic hydroxyl groups is 1. The van der Waals surface area contributed by atoms with Crippen LogP contribution in [0, 0.1) is 0 Å². The summed E-state index contributed by atoms with van der Waals surface area (Å²) in [4.78, 5) is 0. The van der Waals surface area contributed by atoms with Crippen LogP contribution in [0.2, 0.25) is 0 Å². The van der Waals surface area contributed by atoms with Crippen molar-refractivity contribution in [1.82, 2.24) is 5.32 Å². The third-order valence-corrected chi connectivity index (χ3v) is 5.31. The monoisotopic (exact) mass is 249 g/mol. The lowest BCUT2D eigenvalue weighted by atomic mass is 9.97. The zero-order chi connectivity index (χ0) is 12.2. The number of sulfone groups is 1. The van der Waals surface area contributed by atoms with Crippen molar-refractivity contribution >= 4 is 9.84 Å². The summed E-state index contributed by atoms with van der Waals surface area (Å²) in [6.07, 6.45) is 2.79. The van der Waals surface area contributed by atoms with Crippen LogP contribution in [0.1, 0.15) is 39.5 Å². The van der Waals surface area contributed by atoms with Gasteiger partial charge in [-0.25, -0.2) is 8.42 Å². The third kappa shape index (κ3) is 4.03. The molecule has 1 saturated heterocycles. The van der Waals surface area contributed by atoms with Crippen molar-refractivity contribution in [3.05, 3.63) is 0 Å². The molecule has 0 bridgehead atoms. The molecule has 16 heavy (non-hydrogen) atoms. The van der Waals surface area contributed by atoms with E-state index in [2.05, 4.69) is 5.32 Å². The Bertz CT molecular complexity index is 295. The minimum absolute atomic E-state index is 0.244. The first kappa shape index (κ1) is 13.9. The predicted molar refractivity (Wildman–Crippen MR) is 65.2 cm³/mol. The maximum atomic E-state index is 11.2. The molecule has 1 aliphatic rings. The summed E-state index contributed by atoms with van der Waals surface area (Å²) in [5, 5.41) is 13.4. The van der Waals surface area contributed by atoms with Crippen LogP contribution in [-0.2, 0) is 9.84 Å². The van der Waals surface area contributed by atoms with Crippen LogP contribution < -0.4 is 5.32 Å². The molecule has 0 aromatic heterocycles. The lowest BCUT2D eigenvalue weighted by Gasteiger charge is -2.30. The molecule has 0 aromatic rings. The molecule has 0 saturated carbocycles. The van der Waals surface area contributed by atoms with E-state index in [1.165, 1.54) is 0 Å². The minimum atomic E-state index is -2.78. The Labute approximate surface area is 98.4 Å². The average Bonchev–Trinajstić information content (AvgIpc) is 2.27. The topological polar surface area (TPSA) is 66.4 Å². The van der Waals surface area contributed by atoms with Crippen LogP contribution in [0.3, 0.4) is 0 Å². The molecule has 0 unspecified atom stereocenters. The van der Waals surface area contributed by atoms with E-state index in [0.717, 1.165) is 12.8 Å². The molecule has 0 amide bonds. The first-order valence-electron chi connectivity index (χ1n) is 6.07. The maximum absolute atomic E-state index is 11.2. The lowest BCUT2D eigenvalue weighted by Crippen LogP contribution is -2.46. The average molecular weight is 249 g/mol. The second-order valence-electron chi connectivity index (χ2n) is 4.74. The molecule has 1 heterocycles. The van der Waals surface area contributed by atoms with Gasteiger partial charge in [-0.2, -0.15) is 0 Å². The largest absolute Gasteiger partial charge is 0.389 e. The minimum Gasteiger partial charge on any atom is -0.389 e. The lowest BCUT2D eigenvalue weighted by molar-refractivity contribution is 0.0296. The first-order valence-corrected chi connectivity index (χ1v) is 7.89. The van der Waals surface area contributed by atoms with E-state index in [-0.39, 0.29) is 17.5 Å². The van der Waals surface area contributed by atoms with Gasteiger partial charge in [0.25, 0.3) is 0 Å². The van der Waals surface area contributed by atoms with Crippen LogP contribution >= 0.6 is 0 Å². The van der Waals surface area contributed by atoms with E-state index in [4.69, 9.17) is 0 Å². The zero-order valence-electron chi connectivity index (χ0n) is 10.2. The van der Waals surface area contributed by atoms with Gasteiger partial charge in [-0.05, 0) is 25.7 Å². The predicted octanol–water partition coefficient (Wildman–Crippen LogP) is 0.704. The van der Waals surface area contributed by atoms with E-state index < -0.39 is 15.4 Å². The Morgan fingerprint density at radius 3 is 2.19 bits per heavy atom. The highest BCUT2D eigenvalue weighted by molar-refractivity contribution is 7.91. The summed E-state index contributed by atoms with van der Waals surface area (Å²) in [7, 11) is -2.78. The molecular formula is C11H23NO3S. The Morgan fingerprint density at radius 1 is 1.25 bits per heavy atom. The second kappa shape index (κ2) is 5.47. The van der Waals surface area contributed by atoms with E-state index >= 15 is 0 Å². The van der Waals surface area contributed by atoms with Crippen molar-refractivity contribution in [1.29, 1.82) is 0 Å². The summed E-state index contributed by atoms with van der Waals surface area (Å²) in [5.74, 6) is 0.558. The van der Waals surface area contributed by atoms with E-state index in [9.17, 15) is 13.5 Å². The van der Waals surface area contributed by atoms with Crippen molar-refractivity contribution in [2.24, 2.45) is 0 Å². The van der Waals surface area contributed by atoms with Gasteiger partial charge in [0, 0.05) is 12.6 Å². The van der Waals surface area contributed by atoms with Crippen LogP contribution in [-0.4, -0.2) is 43.2 Å². The normalized spacial score (nSPS) is 22.2. The summed E-state index contributed by atoms with van der Waals surface area (Å²) < 4.78 is 22.5. The van der Waals surface area contributed by atoms with Crippen molar-refractivity contribution < 1.29 is 13.5 Å². The molecule has 5 heteroatoms. The molecule has 1 aliphatic heterocycles. The highest BCUT2D eigenvalue weighted by Crippen LogP contribution is 2.16. The molecule has 0 spiro atoms. The number of hydrogen-bond donors (Lipinski definition) is 2. The van der Waals surface area contributed by atoms with Crippen LogP contribution in [0.25, 0.3) is 0 Å². The zero-order valence-corrected chi connectivity index (χ0v) is 11.0. The van der Waals surface area contributed by atoms with Gasteiger partial charge in [0.1, 0.15) is 9.84 Å². The molecule has 0 aromatic carbocycles. The van der Waals surface area contributed by atoms with Gasteiger partial charge in [-0.15, -0.1) is 0 Å². The van der Waals surface area contributed by atoms with Crippen LogP contribution in [0.15, 0.2) is 0 Å². The maximum Gasteiger partial charge on any atom is 0.150 e. The van der Waals surface area contributed by atoms with Crippen molar-refractivity contribution in [3.63, 3.8) is 0 Å². The van der Waals surface area contributed by atoms with Crippen molar-refractivity contribution in [3.8, 4) is 0 Å². The van der Waals surface area contributed by atoms with Crippen molar-refractivity contribution in [2.75, 3.05) is 18.1 Å². The van der Waals surface area contributed by atoms with Gasteiger partial charge in [-0.3, -0.25) is 0 Å². The summed E-state index contributed by atoms with van der Waals surface area (Å²) >= 11 is 0. The standard InChI is InChI=1S/C11H23NO3S/c1-3-11(13,4-2)9-12-10-5-7-16(14,15)8-6-10/h10,12-13H,3-9H2,1-2H3. The number of hydrogen-bond acceptors (Lipinski definition) is 4. The quantitative estimate of drug-likeness (QED) is 0.753. The van der Waals surface area contributed by atoms with E-state index in [0.29, 0.717) is 19.4 Å². The second-order valence-corrected chi connectivity index (χ2v) is 7.04. The molecule has 2 N–H and O–H groups in total. The van der Waals surface area contributed by atoms with E-state index in [1.807, 2.05) is 13.8 Å². The van der Waals surface area contributed by atoms with Gasteiger partial charge in [-0.1, -0.05) is 13.8 Å². The summed E-state index contributed by atoms with van der Waals surface area (Å²) in [6, 6.07) is 0.244. The Kier molecular flexibility index (Phi) is 4.76. The van der Waals surface area contributed by atoms with Gasteiger partial charge >= 0.3 is 0 Å².